The van der Waals surface area contributed by atoms with Crippen LogP contribution in [0.3, 0.4) is 0 Å². The summed E-state index contributed by atoms with van der Waals surface area (Å²) in [7, 11) is -2.24. The highest BCUT2D eigenvalue weighted by atomic mass is 35.5. The SMILES string of the molecule is OP(O)c1ccc(COCC2C(Cl)CC(Cl)C2c2ccc(Oc3ccccc3)cc2)o1. The lowest BCUT2D eigenvalue weighted by Gasteiger charge is -2.24. The molecule has 164 valence electrons. The maximum atomic E-state index is 9.21. The van der Waals surface area contributed by atoms with Gasteiger partial charge >= 0.3 is 0 Å². The zero-order valence-electron chi connectivity index (χ0n) is 16.6. The molecular formula is C23H23Cl2O5P. The van der Waals surface area contributed by atoms with E-state index in [9.17, 15) is 9.79 Å². The van der Waals surface area contributed by atoms with E-state index in [-0.39, 0.29) is 34.7 Å². The lowest BCUT2D eigenvalue weighted by atomic mass is 9.89. The largest absolute Gasteiger partial charge is 0.457 e. The summed E-state index contributed by atoms with van der Waals surface area (Å²) in [5, 5.41) is -0.179. The molecule has 0 bridgehead atoms. The van der Waals surface area contributed by atoms with E-state index in [0.29, 0.717) is 18.8 Å². The predicted molar refractivity (Wildman–Crippen MR) is 122 cm³/mol. The molecule has 4 rings (SSSR count). The highest BCUT2D eigenvalue weighted by Crippen LogP contribution is 2.46. The third kappa shape index (κ3) is 5.61. The second kappa shape index (κ2) is 10.4. The second-order valence-electron chi connectivity index (χ2n) is 7.49. The van der Waals surface area contributed by atoms with Gasteiger partial charge in [0.1, 0.15) is 23.9 Å². The van der Waals surface area contributed by atoms with Crippen molar-refractivity contribution < 1.29 is 23.7 Å². The van der Waals surface area contributed by atoms with E-state index in [1.807, 2.05) is 54.6 Å². The van der Waals surface area contributed by atoms with Gasteiger partial charge < -0.3 is 23.7 Å². The summed E-state index contributed by atoms with van der Waals surface area (Å²) >= 11 is 13.3. The van der Waals surface area contributed by atoms with E-state index in [1.165, 1.54) is 0 Å². The minimum Gasteiger partial charge on any atom is -0.457 e. The molecule has 0 spiro atoms. The van der Waals surface area contributed by atoms with Gasteiger partial charge in [0.2, 0.25) is 8.38 Å². The van der Waals surface area contributed by atoms with Crippen molar-refractivity contribution in [3.8, 4) is 11.5 Å². The lowest BCUT2D eigenvalue weighted by Crippen LogP contribution is -2.22. The molecule has 4 atom stereocenters. The van der Waals surface area contributed by atoms with Gasteiger partial charge in [-0.2, -0.15) is 0 Å². The van der Waals surface area contributed by atoms with Crippen molar-refractivity contribution in [2.45, 2.75) is 29.7 Å². The number of hydrogen-bond donors (Lipinski definition) is 2. The molecule has 31 heavy (non-hydrogen) atoms. The van der Waals surface area contributed by atoms with Crippen LogP contribution in [0, 0.1) is 5.92 Å². The number of alkyl halides is 2. The summed E-state index contributed by atoms with van der Waals surface area (Å²) < 4.78 is 17.1. The fraction of sp³-hybridized carbons (Fsp3) is 0.304. The molecule has 1 aromatic heterocycles. The first-order chi connectivity index (χ1) is 15.0. The third-order valence-electron chi connectivity index (χ3n) is 5.41. The minimum absolute atomic E-state index is 0.0484. The summed E-state index contributed by atoms with van der Waals surface area (Å²) in [5.74, 6) is 2.19. The molecule has 1 heterocycles. The van der Waals surface area contributed by atoms with Crippen molar-refractivity contribution in [1.29, 1.82) is 0 Å². The van der Waals surface area contributed by atoms with Gasteiger partial charge in [0.15, 0.2) is 5.50 Å². The summed E-state index contributed by atoms with van der Waals surface area (Å²) in [5.41, 5.74) is 1.25. The third-order valence-corrected chi connectivity index (χ3v) is 7.00. The first kappa shape index (κ1) is 22.6. The van der Waals surface area contributed by atoms with Gasteiger partial charge in [-0.1, -0.05) is 30.3 Å². The van der Waals surface area contributed by atoms with Crippen molar-refractivity contribution in [3.63, 3.8) is 0 Å². The fourth-order valence-electron chi connectivity index (χ4n) is 3.92. The van der Waals surface area contributed by atoms with Crippen LogP contribution in [0.1, 0.15) is 23.7 Å². The summed E-state index contributed by atoms with van der Waals surface area (Å²) in [4.78, 5) is 18.4. The van der Waals surface area contributed by atoms with Crippen LogP contribution in [0.25, 0.3) is 0 Å². The first-order valence-electron chi connectivity index (χ1n) is 9.96. The maximum Gasteiger partial charge on any atom is 0.237 e. The van der Waals surface area contributed by atoms with E-state index >= 15 is 0 Å². The number of hydrogen-bond acceptors (Lipinski definition) is 5. The Balaban J connectivity index is 1.39. The molecule has 0 amide bonds. The van der Waals surface area contributed by atoms with E-state index in [1.54, 1.807) is 12.1 Å². The molecule has 0 saturated heterocycles. The average Bonchev–Trinajstić information content (AvgIpc) is 3.34. The maximum absolute atomic E-state index is 9.21. The van der Waals surface area contributed by atoms with Crippen molar-refractivity contribution in [2.24, 2.45) is 5.92 Å². The Bertz CT molecular complexity index is 964. The van der Waals surface area contributed by atoms with Crippen LogP contribution in [0.2, 0.25) is 0 Å². The summed E-state index contributed by atoms with van der Waals surface area (Å²) in [6.45, 7) is 0.653. The Hall–Kier alpha value is -1.59. The summed E-state index contributed by atoms with van der Waals surface area (Å²) in [6, 6.07) is 20.8. The second-order valence-corrected chi connectivity index (χ2v) is 9.63. The Morgan fingerprint density at radius 1 is 0.903 bits per heavy atom. The van der Waals surface area contributed by atoms with E-state index < -0.39 is 8.38 Å². The minimum atomic E-state index is -2.24. The molecular weight excluding hydrogens is 458 g/mol. The van der Waals surface area contributed by atoms with Gasteiger partial charge in [-0.25, -0.2) is 0 Å². The molecule has 0 radical (unpaired) electrons. The van der Waals surface area contributed by atoms with E-state index in [0.717, 1.165) is 17.1 Å². The van der Waals surface area contributed by atoms with Crippen LogP contribution in [0.15, 0.2) is 71.1 Å². The molecule has 4 unspecified atom stereocenters. The van der Waals surface area contributed by atoms with Gasteiger partial charge in [-0.05, 0) is 48.4 Å². The zero-order chi connectivity index (χ0) is 21.8. The molecule has 3 aromatic rings. The van der Waals surface area contributed by atoms with Gasteiger partial charge in [0.25, 0.3) is 0 Å². The monoisotopic (exact) mass is 480 g/mol. The lowest BCUT2D eigenvalue weighted by molar-refractivity contribution is 0.0740. The molecule has 1 saturated carbocycles. The Kier molecular flexibility index (Phi) is 7.55. The number of ether oxygens (including phenoxy) is 2. The van der Waals surface area contributed by atoms with Crippen LogP contribution in [0.5, 0.6) is 11.5 Å². The molecule has 8 heteroatoms. The van der Waals surface area contributed by atoms with Crippen LogP contribution in [-0.4, -0.2) is 27.1 Å². The predicted octanol–water partition coefficient (Wildman–Crippen LogP) is 5.53. The molecule has 0 aliphatic heterocycles. The van der Waals surface area contributed by atoms with Gasteiger partial charge in [0, 0.05) is 22.6 Å². The fourth-order valence-corrected chi connectivity index (χ4v) is 5.37. The highest BCUT2D eigenvalue weighted by molar-refractivity contribution is 7.53. The number of para-hydroxylation sites is 1. The van der Waals surface area contributed by atoms with Crippen molar-refractivity contribution in [3.05, 3.63) is 78.1 Å². The Morgan fingerprint density at radius 2 is 1.61 bits per heavy atom. The zero-order valence-corrected chi connectivity index (χ0v) is 19.0. The number of benzene rings is 2. The molecule has 1 aliphatic rings. The molecule has 2 N–H and O–H groups in total. The van der Waals surface area contributed by atoms with Gasteiger partial charge in [-0.15, -0.1) is 23.2 Å². The van der Waals surface area contributed by atoms with E-state index in [2.05, 4.69) is 0 Å². The normalized spacial score (nSPS) is 23.4. The summed E-state index contributed by atoms with van der Waals surface area (Å²) in [6.07, 6.45) is 0.703. The van der Waals surface area contributed by atoms with Crippen LogP contribution >= 0.6 is 31.6 Å². The van der Waals surface area contributed by atoms with Crippen LogP contribution in [0.4, 0.5) is 0 Å². The number of rotatable bonds is 8. The van der Waals surface area contributed by atoms with Crippen LogP contribution < -0.4 is 10.2 Å². The highest BCUT2D eigenvalue weighted by Gasteiger charge is 2.42. The number of furan rings is 1. The van der Waals surface area contributed by atoms with Crippen LogP contribution in [-0.2, 0) is 11.3 Å². The van der Waals surface area contributed by atoms with E-state index in [4.69, 9.17) is 37.1 Å². The average molecular weight is 481 g/mol. The standard InChI is InChI=1S/C23H23Cl2O5P/c24-20-12-21(25)23(19(20)14-28-13-18-10-11-22(30-18)31(26)27)15-6-8-17(9-7-15)29-16-4-2-1-3-5-16/h1-11,19-21,23,26-27H,12-14H2. The van der Waals surface area contributed by atoms with Crippen molar-refractivity contribution >= 4 is 37.1 Å². The quantitative estimate of drug-likeness (QED) is 0.327. The van der Waals surface area contributed by atoms with Crippen molar-refractivity contribution in [2.75, 3.05) is 6.61 Å². The Labute approximate surface area is 192 Å². The smallest absolute Gasteiger partial charge is 0.237 e. The molecule has 1 aliphatic carbocycles. The molecule has 2 aromatic carbocycles. The Morgan fingerprint density at radius 3 is 2.29 bits per heavy atom. The molecule has 1 fully saturated rings. The number of halogens is 2. The van der Waals surface area contributed by atoms with Gasteiger partial charge in [-0.3, -0.25) is 0 Å². The molecule has 5 nitrogen and oxygen atoms in total. The van der Waals surface area contributed by atoms with Crippen molar-refractivity contribution in [1.82, 2.24) is 0 Å². The first-order valence-corrected chi connectivity index (χ1v) is 12.1. The topological polar surface area (TPSA) is 72.1 Å². The van der Waals surface area contributed by atoms with Gasteiger partial charge in [0.05, 0.1) is 6.61 Å².